The third-order valence-corrected chi connectivity index (χ3v) is 9.27. The number of allylic oxidation sites excluding steroid dienone is 2. The minimum absolute atomic E-state index is 0.0326. The third kappa shape index (κ3) is 8.99. The van der Waals surface area contributed by atoms with Crippen LogP contribution in [0.4, 0.5) is 64.1 Å². The Bertz CT molecular complexity index is 2220. The van der Waals surface area contributed by atoms with Gasteiger partial charge in [0.25, 0.3) is 5.60 Å². The standard InChI is InChI=1S/C27H20F6N2O2.C15H14F6N2O/c28-26(29,30)25(27(31,32)33,17-9-1-5-13-21(17)36-23-15-7-3-11-19(23)34)18-10-2-6-14-22(18)37-24-16-8-4-12-20(24)35;16-14(17,18)13(15(19,20)21,10-6-2-1-3-7-10)24-11-8-4-5-9-12(11,22)23/h1-16H,34-35H2;1-9,11H,22-23H2. The number of para-hydroxylation sites is 6. The molecule has 0 aromatic heterocycles. The Balaban J connectivity index is 0.000000254. The third-order valence-electron chi connectivity index (χ3n) is 9.27. The van der Waals surface area contributed by atoms with Gasteiger partial charge in [0.2, 0.25) is 5.41 Å². The zero-order chi connectivity index (χ0) is 45.1. The fourth-order valence-electron chi connectivity index (χ4n) is 6.37. The maximum Gasteiger partial charge on any atom is 0.430 e. The molecule has 7 nitrogen and oxygen atoms in total. The molecule has 0 heterocycles. The molecule has 0 spiro atoms. The summed E-state index contributed by atoms with van der Waals surface area (Å²) in [5.41, 5.74) is 8.27. The van der Waals surface area contributed by atoms with E-state index in [2.05, 4.69) is 4.74 Å². The van der Waals surface area contributed by atoms with Gasteiger partial charge in [-0.05, 0) is 42.5 Å². The second kappa shape index (κ2) is 17.1. The topological polar surface area (TPSA) is 132 Å². The number of ether oxygens (including phenoxy) is 3. The summed E-state index contributed by atoms with van der Waals surface area (Å²) in [6, 6.07) is 24.5. The van der Waals surface area contributed by atoms with Crippen molar-refractivity contribution in [2.75, 3.05) is 11.5 Å². The van der Waals surface area contributed by atoms with Crippen molar-refractivity contribution in [2.45, 2.75) is 47.5 Å². The van der Waals surface area contributed by atoms with E-state index in [1.165, 1.54) is 66.7 Å². The summed E-state index contributed by atoms with van der Waals surface area (Å²) in [6.07, 6.45) is -20.6. The van der Waals surface area contributed by atoms with Crippen molar-refractivity contribution >= 4 is 11.4 Å². The molecule has 5 aromatic rings. The van der Waals surface area contributed by atoms with E-state index in [-0.39, 0.29) is 22.9 Å². The molecule has 1 atom stereocenters. The predicted octanol–water partition coefficient (Wildman–Crippen LogP) is 11.0. The van der Waals surface area contributed by atoms with Crippen molar-refractivity contribution in [3.8, 4) is 23.0 Å². The largest absolute Gasteiger partial charge is 0.455 e. The number of rotatable bonds is 9. The second-order valence-corrected chi connectivity index (χ2v) is 13.3. The van der Waals surface area contributed by atoms with Crippen LogP contribution in [0.3, 0.4) is 0 Å². The highest BCUT2D eigenvalue weighted by Crippen LogP contribution is 2.61. The number of benzene rings is 5. The highest BCUT2D eigenvalue weighted by molar-refractivity contribution is 5.60. The van der Waals surface area contributed by atoms with E-state index in [4.69, 9.17) is 32.4 Å². The Morgan fingerprint density at radius 1 is 0.443 bits per heavy atom. The molecule has 19 heteroatoms. The van der Waals surface area contributed by atoms with Crippen molar-refractivity contribution < 1.29 is 66.9 Å². The molecule has 8 N–H and O–H groups in total. The molecule has 0 aliphatic heterocycles. The van der Waals surface area contributed by atoms with E-state index in [9.17, 15) is 52.7 Å². The molecule has 0 bridgehead atoms. The lowest BCUT2D eigenvalue weighted by atomic mass is 9.72. The maximum absolute atomic E-state index is 15.0. The predicted molar refractivity (Wildman–Crippen MR) is 202 cm³/mol. The zero-order valence-electron chi connectivity index (χ0n) is 31.1. The van der Waals surface area contributed by atoms with Gasteiger partial charge < -0.3 is 37.1 Å². The van der Waals surface area contributed by atoms with Gasteiger partial charge in [-0.2, -0.15) is 52.7 Å². The van der Waals surface area contributed by atoms with Crippen molar-refractivity contribution in [1.82, 2.24) is 0 Å². The molecule has 61 heavy (non-hydrogen) atoms. The number of nitrogens with two attached hydrogens (primary N) is 4. The van der Waals surface area contributed by atoms with Crippen LogP contribution in [0.2, 0.25) is 0 Å². The Labute approximate surface area is 339 Å². The van der Waals surface area contributed by atoms with Crippen LogP contribution in [0.1, 0.15) is 16.7 Å². The minimum Gasteiger partial charge on any atom is -0.455 e. The van der Waals surface area contributed by atoms with Gasteiger partial charge in [0.05, 0.1) is 11.4 Å². The van der Waals surface area contributed by atoms with Gasteiger partial charge in [0.15, 0.2) is 0 Å². The van der Waals surface area contributed by atoms with Gasteiger partial charge in [-0.3, -0.25) is 0 Å². The summed E-state index contributed by atoms with van der Waals surface area (Å²) in [6.45, 7) is 0. The molecule has 5 aromatic carbocycles. The van der Waals surface area contributed by atoms with Crippen LogP contribution in [0, 0.1) is 0 Å². The molecule has 0 amide bonds. The van der Waals surface area contributed by atoms with Crippen LogP contribution in [-0.4, -0.2) is 36.5 Å². The van der Waals surface area contributed by atoms with Crippen molar-refractivity contribution in [3.05, 3.63) is 168 Å². The Hall–Kier alpha value is -6.18. The number of hydrogen-bond acceptors (Lipinski definition) is 7. The number of alkyl halides is 12. The van der Waals surface area contributed by atoms with Crippen molar-refractivity contribution in [1.29, 1.82) is 0 Å². The molecule has 0 saturated heterocycles. The van der Waals surface area contributed by atoms with Gasteiger partial charge in [0, 0.05) is 16.7 Å². The van der Waals surface area contributed by atoms with E-state index in [0.29, 0.717) is 12.1 Å². The summed E-state index contributed by atoms with van der Waals surface area (Å²) in [5, 5.41) is 0. The molecule has 1 aliphatic carbocycles. The van der Waals surface area contributed by atoms with Crippen LogP contribution >= 0.6 is 0 Å². The number of halogens is 12. The summed E-state index contributed by atoms with van der Waals surface area (Å²) in [7, 11) is 0. The van der Waals surface area contributed by atoms with Gasteiger partial charge in [-0.15, -0.1) is 0 Å². The highest BCUT2D eigenvalue weighted by Gasteiger charge is 2.75. The summed E-state index contributed by atoms with van der Waals surface area (Å²) < 4.78 is 187. The highest BCUT2D eigenvalue weighted by atomic mass is 19.4. The molecule has 6 rings (SSSR count). The van der Waals surface area contributed by atoms with Gasteiger partial charge >= 0.3 is 24.7 Å². The van der Waals surface area contributed by atoms with Gasteiger partial charge in [0.1, 0.15) is 34.8 Å². The second-order valence-electron chi connectivity index (χ2n) is 13.3. The van der Waals surface area contributed by atoms with E-state index in [1.54, 1.807) is 12.1 Å². The molecular formula is C42H34F12N4O3. The first-order valence-corrected chi connectivity index (χ1v) is 17.6. The van der Waals surface area contributed by atoms with Crippen LogP contribution in [0.25, 0.3) is 0 Å². The van der Waals surface area contributed by atoms with E-state index >= 15 is 0 Å². The molecule has 0 radical (unpaired) electrons. The smallest absolute Gasteiger partial charge is 0.430 e. The summed E-state index contributed by atoms with van der Waals surface area (Å²) in [4.78, 5) is 0. The number of nitrogen functional groups attached to an aromatic ring is 2. The van der Waals surface area contributed by atoms with Gasteiger partial charge in [-0.25, -0.2) is 0 Å². The molecule has 1 unspecified atom stereocenters. The molecule has 0 fully saturated rings. The lowest BCUT2D eigenvalue weighted by Crippen LogP contribution is -2.64. The Kier molecular flexibility index (Phi) is 12.8. The molecule has 324 valence electrons. The summed E-state index contributed by atoms with van der Waals surface area (Å²) >= 11 is 0. The molecule has 0 saturated carbocycles. The first-order chi connectivity index (χ1) is 28.4. The van der Waals surface area contributed by atoms with E-state index < -0.39 is 75.7 Å². The lowest BCUT2D eigenvalue weighted by molar-refractivity contribution is -0.397. The normalized spacial score (nSPS) is 15.7. The van der Waals surface area contributed by atoms with Crippen LogP contribution in [0.5, 0.6) is 23.0 Å². The van der Waals surface area contributed by atoms with E-state index in [0.717, 1.165) is 60.7 Å². The average Bonchev–Trinajstić information content (AvgIpc) is 3.16. The first kappa shape index (κ1) is 45.9. The van der Waals surface area contributed by atoms with Crippen molar-refractivity contribution in [2.24, 2.45) is 11.5 Å². The number of hydrogen-bond donors (Lipinski definition) is 4. The molecular weight excluding hydrogens is 836 g/mol. The lowest BCUT2D eigenvalue weighted by Gasteiger charge is -2.42. The fourth-order valence-corrected chi connectivity index (χ4v) is 6.37. The zero-order valence-corrected chi connectivity index (χ0v) is 31.1. The van der Waals surface area contributed by atoms with E-state index in [1.807, 2.05) is 0 Å². The van der Waals surface area contributed by atoms with Crippen LogP contribution < -0.4 is 32.4 Å². The van der Waals surface area contributed by atoms with Crippen LogP contribution in [0.15, 0.2) is 152 Å². The SMILES string of the molecule is NC1(N)C=CC=CC1OC(c1ccccc1)(C(F)(F)F)C(F)(F)F.Nc1ccccc1Oc1ccccc1C(c1ccccc1Oc1ccccc1N)(C(F)(F)F)C(F)(F)F. The fraction of sp³-hybridized carbons (Fsp3) is 0.190. The van der Waals surface area contributed by atoms with Crippen molar-refractivity contribution in [3.63, 3.8) is 0 Å². The van der Waals surface area contributed by atoms with Crippen LogP contribution in [-0.2, 0) is 15.8 Å². The maximum atomic E-state index is 15.0. The summed E-state index contributed by atoms with van der Waals surface area (Å²) in [5.74, 6) is -1.56. The average molecular weight is 871 g/mol. The quantitative estimate of drug-likeness (QED) is 0.0659. The molecule has 1 aliphatic rings. The Morgan fingerprint density at radius 2 is 0.820 bits per heavy atom. The first-order valence-electron chi connectivity index (χ1n) is 17.6. The monoisotopic (exact) mass is 870 g/mol. The number of anilines is 2. The Morgan fingerprint density at radius 3 is 1.20 bits per heavy atom. The minimum atomic E-state index is -5.88. The van der Waals surface area contributed by atoms with Gasteiger partial charge in [-0.1, -0.05) is 109 Å².